The summed E-state index contributed by atoms with van der Waals surface area (Å²) in [4.78, 5) is 31.0. The zero-order chi connectivity index (χ0) is 23.9. The second kappa shape index (κ2) is 8.64. The Hall–Kier alpha value is -4.03. The van der Waals surface area contributed by atoms with Crippen LogP contribution in [0.5, 0.6) is 0 Å². The number of furan rings is 1. The van der Waals surface area contributed by atoms with Crippen LogP contribution in [-0.4, -0.2) is 28.2 Å². The number of hydrogen-bond donors (Lipinski definition) is 2. The number of fused-ring (bicyclic) bond motifs is 4. The Labute approximate surface area is 206 Å². The number of H-pyrrole nitrogens is 1. The van der Waals surface area contributed by atoms with Gasteiger partial charge in [0.1, 0.15) is 5.58 Å². The second-order valence-corrected chi connectivity index (χ2v) is 9.25. The largest absolute Gasteiger partial charge is 0.451 e. The fraction of sp³-hybridized carbons (Fsp3) is 0.143. The van der Waals surface area contributed by atoms with E-state index in [0.29, 0.717) is 35.8 Å². The molecule has 3 aromatic carbocycles. The third kappa shape index (κ3) is 4.17. The fourth-order valence-electron chi connectivity index (χ4n) is 4.68. The molecule has 5 aromatic rings. The maximum Gasteiger partial charge on any atom is 0.291 e. The predicted octanol–water partition coefficient (Wildman–Crippen LogP) is 5.95. The number of rotatable bonds is 4. The average Bonchev–Trinajstić information content (AvgIpc) is 3.46. The molecule has 0 saturated carbocycles. The van der Waals surface area contributed by atoms with Crippen LogP contribution in [0.15, 0.2) is 77.2 Å². The van der Waals surface area contributed by atoms with Gasteiger partial charge in [-0.25, -0.2) is 0 Å². The third-order valence-corrected chi connectivity index (χ3v) is 6.74. The summed E-state index contributed by atoms with van der Waals surface area (Å²) >= 11 is 6.20. The van der Waals surface area contributed by atoms with Crippen LogP contribution in [0.4, 0.5) is 5.69 Å². The number of hydrogen-bond acceptors (Lipinski definition) is 3. The van der Waals surface area contributed by atoms with Gasteiger partial charge in [0.05, 0.1) is 6.42 Å². The van der Waals surface area contributed by atoms with Crippen LogP contribution in [0.3, 0.4) is 0 Å². The van der Waals surface area contributed by atoms with E-state index in [9.17, 15) is 9.59 Å². The number of anilines is 1. The molecule has 0 fully saturated rings. The number of amides is 2. The molecule has 0 atom stereocenters. The van der Waals surface area contributed by atoms with Crippen molar-refractivity contribution in [1.82, 2.24) is 9.88 Å². The first-order chi connectivity index (χ1) is 17.0. The van der Waals surface area contributed by atoms with Crippen molar-refractivity contribution in [3.63, 3.8) is 0 Å². The van der Waals surface area contributed by atoms with Crippen LogP contribution in [0.2, 0.25) is 5.02 Å². The smallest absolute Gasteiger partial charge is 0.291 e. The summed E-state index contributed by atoms with van der Waals surface area (Å²) in [5.74, 6) is 0.0209. The number of aromatic amines is 1. The van der Waals surface area contributed by atoms with Gasteiger partial charge in [-0.1, -0.05) is 41.9 Å². The number of benzene rings is 3. The molecular formula is C28H22ClN3O3. The van der Waals surface area contributed by atoms with Crippen molar-refractivity contribution in [3.05, 3.63) is 100 Å². The van der Waals surface area contributed by atoms with Crippen molar-refractivity contribution < 1.29 is 14.0 Å². The van der Waals surface area contributed by atoms with Crippen LogP contribution in [0.1, 0.15) is 27.4 Å². The normalized spacial score (nSPS) is 13.2. The molecule has 2 amide bonds. The molecule has 1 aliphatic rings. The van der Waals surface area contributed by atoms with Gasteiger partial charge >= 0.3 is 0 Å². The SMILES string of the molecule is O=C(Nc1ccc(CC(=O)N2CCc3[nH]c4ccc(Cl)cc4c3C2)cc1)c1cc2ccccc2o1. The van der Waals surface area contributed by atoms with E-state index in [4.69, 9.17) is 16.0 Å². The number of para-hydroxylation sites is 1. The van der Waals surface area contributed by atoms with E-state index in [-0.39, 0.29) is 17.6 Å². The highest BCUT2D eigenvalue weighted by molar-refractivity contribution is 6.31. The van der Waals surface area contributed by atoms with Crippen LogP contribution in [0.25, 0.3) is 21.9 Å². The van der Waals surface area contributed by atoms with Crippen LogP contribution < -0.4 is 5.32 Å². The van der Waals surface area contributed by atoms with Gasteiger partial charge in [-0.15, -0.1) is 0 Å². The molecule has 0 unspecified atom stereocenters. The fourth-order valence-corrected chi connectivity index (χ4v) is 4.85. The minimum atomic E-state index is -0.312. The molecule has 7 heteroatoms. The third-order valence-electron chi connectivity index (χ3n) is 6.51. The zero-order valence-corrected chi connectivity index (χ0v) is 19.6. The highest BCUT2D eigenvalue weighted by atomic mass is 35.5. The molecule has 0 bridgehead atoms. The second-order valence-electron chi connectivity index (χ2n) is 8.81. The quantitative estimate of drug-likeness (QED) is 0.331. The number of nitrogens with one attached hydrogen (secondary N) is 2. The average molecular weight is 484 g/mol. The molecule has 0 aliphatic carbocycles. The first-order valence-electron chi connectivity index (χ1n) is 11.5. The minimum absolute atomic E-state index is 0.0751. The highest BCUT2D eigenvalue weighted by Crippen LogP contribution is 2.30. The van der Waals surface area contributed by atoms with Crippen molar-refractivity contribution in [3.8, 4) is 0 Å². The molecule has 0 saturated heterocycles. The van der Waals surface area contributed by atoms with Gasteiger partial charge in [0.25, 0.3) is 5.91 Å². The summed E-state index contributed by atoms with van der Waals surface area (Å²) < 4.78 is 5.63. The molecule has 6 rings (SSSR count). The Morgan fingerprint density at radius 3 is 2.69 bits per heavy atom. The summed E-state index contributed by atoms with van der Waals surface area (Å²) in [5.41, 5.74) is 5.58. The van der Waals surface area contributed by atoms with Gasteiger partial charge in [0.2, 0.25) is 5.91 Å². The zero-order valence-electron chi connectivity index (χ0n) is 18.8. The van der Waals surface area contributed by atoms with Crippen molar-refractivity contribution in [2.24, 2.45) is 0 Å². The van der Waals surface area contributed by atoms with Crippen molar-refractivity contribution in [2.75, 3.05) is 11.9 Å². The lowest BCUT2D eigenvalue weighted by Gasteiger charge is -2.27. The summed E-state index contributed by atoms with van der Waals surface area (Å²) in [5, 5.41) is 5.50. The molecule has 35 heavy (non-hydrogen) atoms. The summed E-state index contributed by atoms with van der Waals surface area (Å²) in [6.45, 7) is 1.25. The number of halogens is 1. The van der Waals surface area contributed by atoms with E-state index >= 15 is 0 Å². The van der Waals surface area contributed by atoms with E-state index in [1.165, 1.54) is 5.69 Å². The Balaban J connectivity index is 1.11. The molecule has 0 radical (unpaired) electrons. The van der Waals surface area contributed by atoms with E-state index in [1.807, 2.05) is 59.5 Å². The van der Waals surface area contributed by atoms with E-state index in [0.717, 1.165) is 33.8 Å². The van der Waals surface area contributed by atoms with Gasteiger partial charge in [-0.3, -0.25) is 9.59 Å². The molecule has 6 nitrogen and oxygen atoms in total. The first-order valence-corrected chi connectivity index (χ1v) is 11.9. The Kier molecular flexibility index (Phi) is 5.30. The van der Waals surface area contributed by atoms with Crippen LogP contribution in [-0.2, 0) is 24.2 Å². The molecule has 2 N–H and O–H groups in total. The number of aromatic nitrogens is 1. The highest BCUT2D eigenvalue weighted by Gasteiger charge is 2.24. The maximum atomic E-state index is 13.0. The molecular weight excluding hydrogens is 462 g/mol. The topological polar surface area (TPSA) is 78.3 Å². The first kappa shape index (κ1) is 21.5. The number of nitrogens with zero attached hydrogens (tertiary/aromatic N) is 1. The van der Waals surface area contributed by atoms with Gasteiger partial charge in [0, 0.05) is 57.8 Å². The van der Waals surface area contributed by atoms with Crippen molar-refractivity contribution >= 4 is 51.0 Å². The van der Waals surface area contributed by atoms with Gasteiger partial charge in [0.15, 0.2) is 5.76 Å². The standard InChI is InChI=1S/C28H22ClN3O3/c29-19-7-10-23-21(15-19)22-16-32(12-11-24(22)31-23)27(33)13-17-5-8-20(9-6-17)30-28(34)26-14-18-3-1-2-4-25(18)35-26/h1-10,14-15,31H,11-13,16H2,(H,30,34). The lowest BCUT2D eigenvalue weighted by atomic mass is 10.0. The van der Waals surface area contributed by atoms with Crippen LogP contribution in [0, 0.1) is 0 Å². The lowest BCUT2D eigenvalue weighted by Crippen LogP contribution is -2.36. The summed E-state index contributed by atoms with van der Waals surface area (Å²) in [6, 6.07) is 22.4. The molecule has 1 aliphatic heterocycles. The molecule has 0 spiro atoms. The monoisotopic (exact) mass is 483 g/mol. The van der Waals surface area contributed by atoms with Crippen molar-refractivity contribution in [1.29, 1.82) is 0 Å². The number of carbonyl (C=O) groups is 2. The van der Waals surface area contributed by atoms with Gasteiger partial charge < -0.3 is 19.6 Å². The molecule has 174 valence electrons. The Morgan fingerprint density at radius 2 is 1.86 bits per heavy atom. The Bertz CT molecular complexity index is 1550. The maximum absolute atomic E-state index is 13.0. The summed E-state index contributed by atoms with van der Waals surface area (Å²) in [7, 11) is 0. The van der Waals surface area contributed by atoms with Gasteiger partial charge in [-0.2, -0.15) is 0 Å². The van der Waals surface area contributed by atoms with Gasteiger partial charge in [-0.05, 0) is 48.0 Å². The minimum Gasteiger partial charge on any atom is -0.451 e. The number of carbonyl (C=O) groups excluding carboxylic acids is 2. The lowest BCUT2D eigenvalue weighted by molar-refractivity contribution is -0.131. The Morgan fingerprint density at radius 1 is 1.03 bits per heavy atom. The van der Waals surface area contributed by atoms with Crippen molar-refractivity contribution in [2.45, 2.75) is 19.4 Å². The van der Waals surface area contributed by atoms with Crippen LogP contribution >= 0.6 is 11.6 Å². The molecule has 2 aromatic heterocycles. The summed E-state index contributed by atoms with van der Waals surface area (Å²) in [6.07, 6.45) is 1.09. The van der Waals surface area contributed by atoms with E-state index in [1.54, 1.807) is 18.2 Å². The predicted molar refractivity (Wildman–Crippen MR) is 137 cm³/mol. The molecule has 3 heterocycles. The van der Waals surface area contributed by atoms with E-state index in [2.05, 4.69) is 10.3 Å². The van der Waals surface area contributed by atoms with E-state index < -0.39 is 0 Å².